The van der Waals surface area contributed by atoms with Gasteiger partial charge in [-0.25, -0.2) is 19.9 Å². The molecule has 1 saturated heterocycles. The summed E-state index contributed by atoms with van der Waals surface area (Å²) in [6, 6.07) is 1.49. The minimum atomic E-state index is -4.72. The third-order valence-corrected chi connectivity index (χ3v) is 7.08. The largest absolute Gasteiger partial charge is 0.418 e. The van der Waals surface area contributed by atoms with Crippen LogP contribution in [0, 0.1) is 6.92 Å². The smallest absolute Gasteiger partial charge is 0.372 e. The summed E-state index contributed by atoms with van der Waals surface area (Å²) in [7, 11) is 0. The lowest BCUT2D eigenvalue weighted by Gasteiger charge is -2.34. The average Bonchev–Trinajstić information content (AvgIpc) is 3.25. The number of halogens is 3. The third kappa shape index (κ3) is 5.05. The van der Waals surface area contributed by atoms with Gasteiger partial charge in [0.2, 0.25) is 0 Å². The van der Waals surface area contributed by atoms with Crippen LogP contribution in [0.15, 0.2) is 23.1 Å². The number of anilines is 1. The maximum Gasteiger partial charge on any atom is 0.418 e. The first-order chi connectivity index (χ1) is 17.9. The fraction of sp³-hybridized carbons (Fsp3) is 0.417. The number of aromatic nitrogens is 5. The molecule has 1 fully saturated rings. The maximum atomic E-state index is 13.9. The van der Waals surface area contributed by atoms with Crippen molar-refractivity contribution in [3.8, 4) is 0 Å². The van der Waals surface area contributed by atoms with Gasteiger partial charge in [-0.1, -0.05) is 0 Å². The minimum absolute atomic E-state index is 0.0864. The van der Waals surface area contributed by atoms with Gasteiger partial charge in [0, 0.05) is 13.1 Å². The number of alkyl halides is 3. The van der Waals surface area contributed by atoms with E-state index in [1.807, 2.05) is 13.8 Å². The lowest BCUT2D eigenvalue weighted by molar-refractivity contribution is -0.138. The Bertz CT molecular complexity index is 1590. The van der Waals surface area contributed by atoms with E-state index in [0.717, 1.165) is 6.07 Å². The van der Waals surface area contributed by atoms with Crippen molar-refractivity contribution in [2.24, 2.45) is 0 Å². The average molecular weight is 548 g/mol. The molecule has 0 spiro atoms. The van der Waals surface area contributed by atoms with Gasteiger partial charge >= 0.3 is 6.18 Å². The lowest BCUT2D eigenvalue weighted by Crippen LogP contribution is -2.48. The molecule has 1 aliphatic rings. The predicted molar refractivity (Wildman–Crippen MR) is 135 cm³/mol. The number of rotatable bonds is 4. The van der Waals surface area contributed by atoms with Gasteiger partial charge in [0.15, 0.2) is 10.5 Å². The number of ether oxygens (including phenoxy) is 1. The number of aryl methyl sites for hydroxylation is 1. The number of amides is 1. The number of carbonyl (C=O) groups excluding carboxylic acids is 1. The van der Waals surface area contributed by atoms with E-state index in [1.165, 1.54) is 31.4 Å². The molecule has 4 aromatic rings. The zero-order valence-electron chi connectivity index (χ0n) is 20.9. The first-order valence-electron chi connectivity index (χ1n) is 11.9. The zero-order chi connectivity index (χ0) is 27.4. The number of morpholine rings is 1. The Hall–Kier alpha value is -3.65. The highest BCUT2D eigenvalue weighted by atomic mass is 32.1. The van der Waals surface area contributed by atoms with Crippen molar-refractivity contribution in [3.05, 3.63) is 50.8 Å². The molecule has 0 radical (unpaired) electrons. The predicted octanol–water partition coefficient (Wildman–Crippen LogP) is 4.07. The van der Waals surface area contributed by atoms with Crippen molar-refractivity contribution < 1.29 is 22.7 Å². The number of hydrogen-bond acceptors (Lipinski definition) is 9. The SMILES string of the molecule is Cc1nc2cc(C(F)(F)F)c([C@H](C)Nc3cc4sc(C(=O)N5CC(C)OC(C)C5)nc4cn3)nc2c(=O)[nH]1. The van der Waals surface area contributed by atoms with Crippen LogP contribution in [-0.2, 0) is 10.9 Å². The van der Waals surface area contributed by atoms with Crippen LogP contribution < -0.4 is 10.9 Å². The number of carbonyl (C=O) groups is 1. The molecule has 4 aromatic heterocycles. The van der Waals surface area contributed by atoms with Gasteiger partial charge in [-0.2, -0.15) is 13.2 Å². The highest BCUT2D eigenvalue weighted by Gasteiger charge is 2.37. The summed E-state index contributed by atoms with van der Waals surface area (Å²) in [5.41, 5.74) is -1.81. The van der Waals surface area contributed by atoms with Crippen LogP contribution in [0.1, 0.15) is 53.7 Å². The first kappa shape index (κ1) is 26.0. The Labute approximate surface area is 218 Å². The van der Waals surface area contributed by atoms with Crippen LogP contribution in [0.4, 0.5) is 19.0 Å². The number of hydrogen-bond donors (Lipinski definition) is 2. The molecule has 38 heavy (non-hydrogen) atoms. The normalized spacial score (nSPS) is 19.2. The van der Waals surface area contributed by atoms with E-state index in [-0.39, 0.29) is 46.5 Å². The molecule has 0 aromatic carbocycles. The monoisotopic (exact) mass is 547 g/mol. The maximum absolute atomic E-state index is 13.9. The van der Waals surface area contributed by atoms with Gasteiger partial charge in [0.1, 0.15) is 17.2 Å². The summed E-state index contributed by atoms with van der Waals surface area (Å²) in [5.74, 6) is 0.251. The van der Waals surface area contributed by atoms with Gasteiger partial charge in [0.05, 0.1) is 45.9 Å². The van der Waals surface area contributed by atoms with Crippen molar-refractivity contribution in [3.63, 3.8) is 0 Å². The van der Waals surface area contributed by atoms with Crippen LogP contribution in [0.25, 0.3) is 21.3 Å². The molecular formula is C24H24F3N7O3S. The minimum Gasteiger partial charge on any atom is -0.372 e. The summed E-state index contributed by atoms with van der Waals surface area (Å²) < 4.78 is 48.1. The van der Waals surface area contributed by atoms with Gasteiger partial charge in [-0.3, -0.25) is 9.59 Å². The number of nitrogens with one attached hydrogen (secondary N) is 2. The van der Waals surface area contributed by atoms with E-state index < -0.39 is 23.3 Å². The molecule has 3 atom stereocenters. The van der Waals surface area contributed by atoms with Crippen molar-refractivity contribution in [1.29, 1.82) is 0 Å². The van der Waals surface area contributed by atoms with E-state index in [2.05, 4.69) is 30.2 Å². The van der Waals surface area contributed by atoms with Gasteiger partial charge < -0.3 is 19.9 Å². The topological polar surface area (TPSA) is 126 Å². The number of thiazole rings is 1. The highest BCUT2D eigenvalue weighted by molar-refractivity contribution is 7.20. The molecule has 200 valence electrons. The quantitative estimate of drug-likeness (QED) is 0.392. The molecule has 5 heterocycles. The number of H-pyrrole nitrogens is 1. The molecule has 2 unspecified atom stereocenters. The summed E-state index contributed by atoms with van der Waals surface area (Å²) >= 11 is 1.18. The molecule has 1 amide bonds. The zero-order valence-corrected chi connectivity index (χ0v) is 21.7. The molecule has 10 nitrogen and oxygen atoms in total. The fourth-order valence-corrected chi connectivity index (χ4v) is 5.47. The summed E-state index contributed by atoms with van der Waals surface area (Å²) in [5, 5.41) is 3.23. The van der Waals surface area contributed by atoms with Crippen LogP contribution in [0.3, 0.4) is 0 Å². The molecule has 0 saturated carbocycles. The van der Waals surface area contributed by atoms with Crippen molar-refractivity contribution >= 4 is 44.3 Å². The lowest BCUT2D eigenvalue weighted by atomic mass is 10.1. The number of nitrogens with zero attached hydrogens (tertiary/aromatic N) is 5. The number of pyridine rings is 2. The molecule has 14 heteroatoms. The van der Waals surface area contributed by atoms with Crippen LogP contribution in [-0.4, -0.2) is 61.0 Å². The Morgan fingerprint density at radius 3 is 2.58 bits per heavy atom. The van der Waals surface area contributed by atoms with Crippen molar-refractivity contribution in [2.45, 2.75) is 52.1 Å². The number of fused-ring (bicyclic) bond motifs is 2. The summed E-state index contributed by atoms with van der Waals surface area (Å²) in [6.07, 6.45) is -3.44. The molecule has 0 aliphatic carbocycles. The summed E-state index contributed by atoms with van der Waals surface area (Å²) in [4.78, 5) is 46.2. The molecule has 0 bridgehead atoms. The molecule has 5 rings (SSSR count). The van der Waals surface area contributed by atoms with Crippen LogP contribution >= 0.6 is 11.3 Å². The molecule has 2 N–H and O–H groups in total. The molecule has 1 aliphatic heterocycles. The van der Waals surface area contributed by atoms with Gasteiger partial charge in [0.25, 0.3) is 11.5 Å². The van der Waals surface area contributed by atoms with Crippen molar-refractivity contribution in [2.75, 3.05) is 18.4 Å². The van der Waals surface area contributed by atoms with Crippen LogP contribution in [0.5, 0.6) is 0 Å². The Morgan fingerprint density at radius 1 is 1.18 bits per heavy atom. The Kier molecular flexibility index (Phi) is 6.55. The standard InChI is InChI=1S/C24H24F3N7O3S/c1-10-8-34(9-11(2)37-10)23(36)22-32-16-7-28-18(6-17(16)38-22)29-12(3)19-14(24(25,26)27)5-15-20(33-19)21(35)31-13(4)30-15/h5-7,10-12H,8-9H2,1-4H3,(H,28,29)(H,30,31,35)/t10?,11?,12-/m0/s1. The summed E-state index contributed by atoms with van der Waals surface area (Å²) in [6.45, 7) is 7.70. The second kappa shape index (κ2) is 9.58. The second-order valence-electron chi connectivity index (χ2n) is 9.33. The van der Waals surface area contributed by atoms with Gasteiger partial charge in [-0.15, -0.1) is 11.3 Å². The fourth-order valence-electron chi connectivity index (χ4n) is 4.53. The first-order valence-corrected chi connectivity index (χ1v) is 12.7. The Balaban J connectivity index is 1.44. The van der Waals surface area contributed by atoms with E-state index in [4.69, 9.17) is 4.74 Å². The van der Waals surface area contributed by atoms with Crippen molar-refractivity contribution in [1.82, 2.24) is 29.8 Å². The second-order valence-corrected chi connectivity index (χ2v) is 10.4. The van der Waals surface area contributed by atoms with Gasteiger partial charge in [-0.05, 0) is 39.8 Å². The van der Waals surface area contributed by atoms with E-state index in [9.17, 15) is 22.8 Å². The van der Waals surface area contributed by atoms with E-state index in [0.29, 0.717) is 28.3 Å². The van der Waals surface area contributed by atoms with E-state index >= 15 is 0 Å². The Morgan fingerprint density at radius 2 is 1.89 bits per heavy atom. The van der Waals surface area contributed by atoms with E-state index in [1.54, 1.807) is 11.0 Å². The third-order valence-electron chi connectivity index (χ3n) is 6.07. The number of aromatic amines is 1. The van der Waals surface area contributed by atoms with Crippen LogP contribution in [0.2, 0.25) is 0 Å². The highest BCUT2D eigenvalue weighted by Crippen LogP contribution is 2.36. The molecular weight excluding hydrogens is 523 g/mol.